The van der Waals surface area contributed by atoms with Gasteiger partial charge in [-0.05, 0) is 35.6 Å². The van der Waals surface area contributed by atoms with Crippen molar-refractivity contribution in [2.24, 2.45) is 5.92 Å². The minimum Gasteiger partial charge on any atom is -0.489 e. The maximum absolute atomic E-state index is 5.78. The molecule has 0 spiro atoms. The van der Waals surface area contributed by atoms with Crippen LogP contribution in [0.15, 0.2) is 54.6 Å². The highest BCUT2D eigenvalue weighted by Crippen LogP contribution is 2.17. The molecule has 0 N–H and O–H groups in total. The lowest BCUT2D eigenvalue weighted by atomic mass is 9.99. The molecule has 0 aliphatic rings. The maximum atomic E-state index is 5.78. The Morgan fingerprint density at radius 1 is 0.895 bits per heavy atom. The molecule has 2 rings (SSSR count). The Balaban J connectivity index is 1.88. The molecule has 0 aromatic heterocycles. The van der Waals surface area contributed by atoms with Gasteiger partial charge in [-0.25, -0.2) is 0 Å². The monoisotopic (exact) mass is 254 g/mol. The van der Waals surface area contributed by atoms with Crippen LogP contribution in [-0.4, -0.2) is 0 Å². The first-order valence-corrected chi connectivity index (χ1v) is 7.03. The molecular formula is C18H22O. The molecule has 0 fully saturated rings. The van der Waals surface area contributed by atoms with E-state index in [4.69, 9.17) is 4.74 Å². The SMILES string of the molecule is CC[C@@H](C)Cc1ccc(OCc2ccccc2)cc1. The van der Waals surface area contributed by atoms with Crippen LogP contribution < -0.4 is 4.74 Å². The molecule has 0 unspecified atom stereocenters. The van der Waals surface area contributed by atoms with E-state index in [0.717, 1.165) is 18.1 Å². The lowest BCUT2D eigenvalue weighted by molar-refractivity contribution is 0.306. The summed E-state index contributed by atoms with van der Waals surface area (Å²) in [5, 5.41) is 0. The summed E-state index contributed by atoms with van der Waals surface area (Å²) in [7, 11) is 0. The van der Waals surface area contributed by atoms with Crippen molar-refractivity contribution in [2.45, 2.75) is 33.3 Å². The van der Waals surface area contributed by atoms with Gasteiger partial charge in [0.15, 0.2) is 0 Å². The van der Waals surface area contributed by atoms with E-state index in [-0.39, 0.29) is 0 Å². The van der Waals surface area contributed by atoms with Gasteiger partial charge in [0.2, 0.25) is 0 Å². The number of benzene rings is 2. The minimum atomic E-state index is 0.631. The fourth-order valence-corrected chi connectivity index (χ4v) is 2.01. The highest BCUT2D eigenvalue weighted by Gasteiger charge is 2.01. The number of hydrogen-bond donors (Lipinski definition) is 0. The molecule has 0 amide bonds. The normalized spacial score (nSPS) is 12.1. The van der Waals surface area contributed by atoms with Crippen molar-refractivity contribution in [2.75, 3.05) is 0 Å². The van der Waals surface area contributed by atoms with E-state index in [1.807, 2.05) is 18.2 Å². The predicted molar refractivity (Wildman–Crippen MR) is 80.4 cm³/mol. The van der Waals surface area contributed by atoms with Crippen LogP contribution in [-0.2, 0) is 13.0 Å². The van der Waals surface area contributed by atoms with Crippen molar-refractivity contribution in [1.29, 1.82) is 0 Å². The molecule has 1 heteroatoms. The van der Waals surface area contributed by atoms with Crippen LogP contribution in [0, 0.1) is 5.92 Å². The quantitative estimate of drug-likeness (QED) is 0.715. The minimum absolute atomic E-state index is 0.631. The Labute approximate surface area is 116 Å². The van der Waals surface area contributed by atoms with E-state index < -0.39 is 0 Å². The second kappa shape index (κ2) is 6.98. The summed E-state index contributed by atoms with van der Waals surface area (Å²) in [6.07, 6.45) is 2.38. The van der Waals surface area contributed by atoms with E-state index in [1.54, 1.807) is 0 Å². The summed E-state index contributed by atoms with van der Waals surface area (Å²) in [6.45, 7) is 5.16. The predicted octanol–water partition coefficient (Wildman–Crippen LogP) is 4.85. The summed E-state index contributed by atoms with van der Waals surface area (Å²) in [5.41, 5.74) is 2.59. The first-order chi connectivity index (χ1) is 9.28. The van der Waals surface area contributed by atoms with Gasteiger partial charge in [-0.1, -0.05) is 62.7 Å². The molecule has 0 aliphatic carbocycles. The zero-order chi connectivity index (χ0) is 13.5. The molecule has 2 aromatic rings. The third kappa shape index (κ3) is 4.44. The first kappa shape index (κ1) is 13.7. The van der Waals surface area contributed by atoms with Crippen molar-refractivity contribution in [3.05, 3.63) is 65.7 Å². The molecule has 0 bridgehead atoms. The lowest BCUT2D eigenvalue weighted by Crippen LogP contribution is -1.98. The van der Waals surface area contributed by atoms with E-state index in [9.17, 15) is 0 Å². The van der Waals surface area contributed by atoms with Crippen LogP contribution >= 0.6 is 0 Å². The molecule has 0 saturated carbocycles. The Morgan fingerprint density at radius 3 is 2.21 bits per heavy atom. The van der Waals surface area contributed by atoms with E-state index in [1.165, 1.54) is 17.5 Å². The van der Waals surface area contributed by atoms with Crippen LogP contribution in [0.1, 0.15) is 31.4 Å². The third-order valence-electron chi connectivity index (χ3n) is 3.45. The standard InChI is InChI=1S/C18H22O/c1-3-15(2)13-16-9-11-18(12-10-16)19-14-17-7-5-4-6-8-17/h4-12,15H,3,13-14H2,1-2H3/t15-/m1/s1. The highest BCUT2D eigenvalue weighted by atomic mass is 16.5. The molecule has 0 radical (unpaired) electrons. The average molecular weight is 254 g/mol. The Morgan fingerprint density at radius 2 is 1.58 bits per heavy atom. The number of ether oxygens (including phenoxy) is 1. The van der Waals surface area contributed by atoms with Crippen LogP contribution in [0.25, 0.3) is 0 Å². The van der Waals surface area contributed by atoms with Crippen LogP contribution in [0.5, 0.6) is 5.75 Å². The van der Waals surface area contributed by atoms with Gasteiger partial charge in [0.25, 0.3) is 0 Å². The molecule has 100 valence electrons. The molecule has 0 saturated heterocycles. The van der Waals surface area contributed by atoms with Gasteiger partial charge in [-0.3, -0.25) is 0 Å². The van der Waals surface area contributed by atoms with E-state index >= 15 is 0 Å². The van der Waals surface area contributed by atoms with Crippen LogP contribution in [0.2, 0.25) is 0 Å². The van der Waals surface area contributed by atoms with Crippen molar-refractivity contribution in [1.82, 2.24) is 0 Å². The Bertz CT molecular complexity index is 473. The van der Waals surface area contributed by atoms with Crippen molar-refractivity contribution < 1.29 is 4.74 Å². The van der Waals surface area contributed by atoms with Gasteiger partial charge in [0.1, 0.15) is 12.4 Å². The Kier molecular flexibility index (Phi) is 5.02. The second-order valence-corrected chi connectivity index (χ2v) is 5.14. The number of hydrogen-bond acceptors (Lipinski definition) is 1. The summed E-state index contributed by atoms with van der Waals surface area (Å²) >= 11 is 0. The maximum Gasteiger partial charge on any atom is 0.119 e. The van der Waals surface area contributed by atoms with Crippen molar-refractivity contribution >= 4 is 0 Å². The summed E-state index contributed by atoms with van der Waals surface area (Å²) in [5.74, 6) is 1.69. The molecule has 0 heterocycles. The fraction of sp³-hybridized carbons (Fsp3) is 0.333. The zero-order valence-electron chi connectivity index (χ0n) is 11.8. The van der Waals surface area contributed by atoms with Gasteiger partial charge in [0, 0.05) is 0 Å². The van der Waals surface area contributed by atoms with Gasteiger partial charge in [0.05, 0.1) is 0 Å². The molecule has 2 aromatic carbocycles. The van der Waals surface area contributed by atoms with Gasteiger partial charge in [-0.15, -0.1) is 0 Å². The van der Waals surface area contributed by atoms with Crippen LogP contribution in [0.4, 0.5) is 0 Å². The summed E-state index contributed by atoms with van der Waals surface area (Å²) < 4.78 is 5.78. The highest BCUT2D eigenvalue weighted by molar-refractivity contribution is 5.28. The third-order valence-corrected chi connectivity index (χ3v) is 3.45. The van der Waals surface area contributed by atoms with Gasteiger partial charge < -0.3 is 4.74 Å². The van der Waals surface area contributed by atoms with Crippen molar-refractivity contribution in [3.63, 3.8) is 0 Å². The topological polar surface area (TPSA) is 9.23 Å². The smallest absolute Gasteiger partial charge is 0.119 e. The number of rotatable bonds is 6. The molecule has 1 nitrogen and oxygen atoms in total. The lowest BCUT2D eigenvalue weighted by Gasteiger charge is -2.10. The molecule has 1 atom stereocenters. The summed E-state index contributed by atoms with van der Waals surface area (Å²) in [6, 6.07) is 18.7. The zero-order valence-corrected chi connectivity index (χ0v) is 11.8. The van der Waals surface area contributed by atoms with Crippen LogP contribution in [0.3, 0.4) is 0 Å². The van der Waals surface area contributed by atoms with E-state index in [0.29, 0.717) is 6.61 Å². The Hall–Kier alpha value is -1.76. The largest absolute Gasteiger partial charge is 0.489 e. The van der Waals surface area contributed by atoms with Gasteiger partial charge >= 0.3 is 0 Å². The fourth-order valence-electron chi connectivity index (χ4n) is 2.01. The molecule has 19 heavy (non-hydrogen) atoms. The first-order valence-electron chi connectivity index (χ1n) is 7.03. The second-order valence-electron chi connectivity index (χ2n) is 5.14. The summed E-state index contributed by atoms with van der Waals surface area (Å²) in [4.78, 5) is 0. The van der Waals surface area contributed by atoms with Crippen molar-refractivity contribution in [3.8, 4) is 5.75 Å². The molecule has 0 aliphatic heterocycles. The molecular weight excluding hydrogens is 232 g/mol. The van der Waals surface area contributed by atoms with E-state index in [2.05, 4.69) is 50.2 Å². The average Bonchev–Trinajstić information content (AvgIpc) is 2.47. The van der Waals surface area contributed by atoms with Gasteiger partial charge in [-0.2, -0.15) is 0 Å².